The predicted molar refractivity (Wildman–Crippen MR) is 214 cm³/mol. The lowest BCUT2D eigenvalue weighted by Gasteiger charge is -2.26. The minimum Gasteiger partial charge on any atom is -0.456 e. The zero-order valence-corrected chi connectivity index (χ0v) is 27.5. The lowest BCUT2D eigenvalue weighted by atomic mass is 10.00. The zero-order chi connectivity index (χ0) is 33.5. The molecule has 3 nitrogen and oxygen atoms in total. The topological polar surface area (TPSA) is 29.5 Å². The molecular formula is C48H29NO2. The normalized spacial score (nSPS) is 11.9. The predicted octanol–water partition coefficient (Wildman–Crippen LogP) is 14.1. The van der Waals surface area contributed by atoms with E-state index in [-0.39, 0.29) is 0 Å². The third-order valence-electron chi connectivity index (χ3n) is 10.4. The summed E-state index contributed by atoms with van der Waals surface area (Å²) < 4.78 is 12.8. The first-order chi connectivity index (χ1) is 25.2. The van der Waals surface area contributed by atoms with Gasteiger partial charge in [0, 0.05) is 50.1 Å². The van der Waals surface area contributed by atoms with Crippen LogP contribution < -0.4 is 4.90 Å². The first kappa shape index (κ1) is 28.0. The number of hydrogen-bond acceptors (Lipinski definition) is 3. The van der Waals surface area contributed by atoms with Gasteiger partial charge in [0.1, 0.15) is 22.3 Å². The van der Waals surface area contributed by atoms with E-state index in [1.54, 1.807) is 0 Å². The highest BCUT2D eigenvalue weighted by Crippen LogP contribution is 2.42. The number of para-hydroxylation sites is 1. The van der Waals surface area contributed by atoms with Gasteiger partial charge in [-0.25, -0.2) is 0 Å². The van der Waals surface area contributed by atoms with Crippen molar-refractivity contribution in [3.8, 4) is 11.1 Å². The molecule has 0 N–H and O–H groups in total. The lowest BCUT2D eigenvalue weighted by molar-refractivity contribution is 0.669. The Morgan fingerprint density at radius 2 is 0.863 bits per heavy atom. The number of furan rings is 2. The average Bonchev–Trinajstić information content (AvgIpc) is 3.76. The molecule has 0 fully saturated rings. The van der Waals surface area contributed by atoms with E-state index in [2.05, 4.69) is 169 Å². The minimum absolute atomic E-state index is 0.868. The Hall–Kier alpha value is -6.84. The molecule has 0 saturated heterocycles. The molecular weight excluding hydrogens is 623 g/mol. The fourth-order valence-electron chi connectivity index (χ4n) is 7.92. The quantitative estimate of drug-likeness (QED) is 0.177. The molecule has 0 aliphatic carbocycles. The molecule has 0 atom stereocenters. The van der Waals surface area contributed by atoms with Gasteiger partial charge in [0.2, 0.25) is 0 Å². The van der Waals surface area contributed by atoms with Gasteiger partial charge in [-0.1, -0.05) is 109 Å². The van der Waals surface area contributed by atoms with Gasteiger partial charge in [-0.2, -0.15) is 0 Å². The van der Waals surface area contributed by atoms with Crippen molar-refractivity contribution >= 4 is 93.3 Å². The monoisotopic (exact) mass is 651 g/mol. The molecule has 0 spiro atoms. The van der Waals surface area contributed by atoms with Crippen LogP contribution >= 0.6 is 0 Å². The van der Waals surface area contributed by atoms with Crippen LogP contribution in [0.2, 0.25) is 0 Å². The van der Waals surface area contributed by atoms with Crippen LogP contribution in [0.4, 0.5) is 17.1 Å². The number of hydrogen-bond donors (Lipinski definition) is 0. The van der Waals surface area contributed by atoms with Crippen molar-refractivity contribution in [1.82, 2.24) is 0 Å². The SMILES string of the molecule is c1ccc2c(c1)ccc1ccc(N(c3ccc(-c4ccc5oc6ccccc6c5c4)cc3)c3ccc4c(c3)oc3c5ccccc5ccc43)cc12. The molecule has 51 heavy (non-hydrogen) atoms. The Bertz CT molecular complexity index is 3150. The van der Waals surface area contributed by atoms with Crippen molar-refractivity contribution < 1.29 is 8.83 Å². The summed E-state index contributed by atoms with van der Waals surface area (Å²) in [5, 5.41) is 11.7. The summed E-state index contributed by atoms with van der Waals surface area (Å²) >= 11 is 0. The summed E-state index contributed by atoms with van der Waals surface area (Å²) in [7, 11) is 0. The van der Waals surface area contributed by atoms with E-state index >= 15 is 0 Å². The summed E-state index contributed by atoms with van der Waals surface area (Å²) in [6.45, 7) is 0. The van der Waals surface area contributed by atoms with Crippen molar-refractivity contribution in [2.75, 3.05) is 4.90 Å². The van der Waals surface area contributed by atoms with E-state index in [1.165, 1.54) is 26.9 Å². The van der Waals surface area contributed by atoms with Gasteiger partial charge in [0.15, 0.2) is 0 Å². The second kappa shape index (κ2) is 10.8. The van der Waals surface area contributed by atoms with Gasteiger partial charge >= 0.3 is 0 Å². The molecule has 0 radical (unpaired) electrons. The molecule has 2 heterocycles. The largest absolute Gasteiger partial charge is 0.456 e. The first-order valence-corrected chi connectivity index (χ1v) is 17.3. The number of anilines is 3. The minimum atomic E-state index is 0.868. The Morgan fingerprint density at radius 1 is 0.294 bits per heavy atom. The summed E-state index contributed by atoms with van der Waals surface area (Å²) in [6, 6.07) is 62.8. The molecule has 11 aromatic rings. The molecule has 238 valence electrons. The molecule has 11 rings (SSSR count). The third kappa shape index (κ3) is 4.38. The van der Waals surface area contributed by atoms with Crippen LogP contribution in [0.5, 0.6) is 0 Å². The highest BCUT2D eigenvalue weighted by atomic mass is 16.3. The maximum absolute atomic E-state index is 6.66. The number of rotatable bonds is 4. The van der Waals surface area contributed by atoms with Crippen LogP contribution in [0.1, 0.15) is 0 Å². The van der Waals surface area contributed by atoms with Crippen molar-refractivity contribution in [1.29, 1.82) is 0 Å². The highest BCUT2D eigenvalue weighted by molar-refractivity contribution is 6.16. The average molecular weight is 652 g/mol. The first-order valence-electron chi connectivity index (χ1n) is 17.3. The Balaban J connectivity index is 1.08. The van der Waals surface area contributed by atoms with E-state index in [9.17, 15) is 0 Å². The summed E-state index contributed by atoms with van der Waals surface area (Å²) in [4.78, 5) is 2.34. The van der Waals surface area contributed by atoms with Crippen LogP contribution in [-0.2, 0) is 0 Å². The van der Waals surface area contributed by atoms with Crippen molar-refractivity contribution in [3.63, 3.8) is 0 Å². The second-order valence-corrected chi connectivity index (χ2v) is 13.3. The molecule has 0 bridgehead atoms. The van der Waals surface area contributed by atoms with Gasteiger partial charge < -0.3 is 13.7 Å². The molecule has 0 unspecified atom stereocenters. The molecule has 2 aromatic heterocycles. The van der Waals surface area contributed by atoms with Crippen molar-refractivity contribution in [2.45, 2.75) is 0 Å². The smallest absolute Gasteiger partial charge is 0.143 e. The van der Waals surface area contributed by atoms with Gasteiger partial charge in [-0.15, -0.1) is 0 Å². The molecule has 0 saturated carbocycles. The zero-order valence-electron chi connectivity index (χ0n) is 27.5. The van der Waals surface area contributed by atoms with Gasteiger partial charge in [-0.3, -0.25) is 0 Å². The fraction of sp³-hybridized carbons (Fsp3) is 0. The Labute approximate surface area is 293 Å². The van der Waals surface area contributed by atoms with E-state index < -0.39 is 0 Å². The highest BCUT2D eigenvalue weighted by Gasteiger charge is 2.18. The van der Waals surface area contributed by atoms with Gasteiger partial charge in [0.25, 0.3) is 0 Å². The molecule has 0 amide bonds. The standard InChI is InChI=1S/C48H29NO2/c1-3-9-38-31(7-1)13-14-33-17-22-36(28-43(33)38)49(37-23-25-41-42-24-18-32-8-2-4-10-39(32)48(42)51-47(41)29-37)35-20-15-30(16-21-35)34-19-26-46-44(27-34)40-11-5-6-12-45(40)50-46/h1-29H. The third-order valence-corrected chi connectivity index (χ3v) is 10.4. The van der Waals surface area contributed by atoms with Crippen LogP contribution in [0, 0.1) is 0 Å². The van der Waals surface area contributed by atoms with E-state index in [0.717, 1.165) is 77.5 Å². The summed E-state index contributed by atoms with van der Waals surface area (Å²) in [5.41, 5.74) is 9.09. The van der Waals surface area contributed by atoms with E-state index in [0.29, 0.717) is 0 Å². The van der Waals surface area contributed by atoms with Gasteiger partial charge in [0.05, 0.1) is 0 Å². The number of fused-ring (bicyclic) bond motifs is 11. The maximum atomic E-state index is 6.66. The summed E-state index contributed by atoms with van der Waals surface area (Å²) in [6.07, 6.45) is 0. The van der Waals surface area contributed by atoms with Crippen LogP contribution in [0.3, 0.4) is 0 Å². The lowest BCUT2D eigenvalue weighted by Crippen LogP contribution is -2.09. The maximum Gasteiger partial charge on any atom is 0.143 e. The Kier molecular flexibility index (Phi) is 5.96. The fourth-order valence-corrected chi connectivity index (χ4v) is 7.92. The van der Waals surface area contributed by atoms with Crippen molar-refractivity contribution in [2.24, 2.45) is 0 Å². The van der Waals surface area contributed by atoms with E-state index in [1.807, 2.05) is 12.1 Å². The van der Waals surface area contributed by atoms with Gasteiger partial charge in [-0.05, 0) is 98.7 Å². The molecule has 3 heteroatoms. The second-order valence-electron chi connectivity index (χ2n) is 13.3. The molecule has 9 aromatic carbocycles. The Morgan fingerprint density at radius 3 is 1.73 bits per heavy atom. The van der Waals surface area contributed by atoms with Crippen LogP contribution in [0.15, 0.2) is 185 Å². The van der Waals surface area contributed by atoms with E-state index in [4.69, 9.17) is 8.83 Å². The number of nitrogens with zero attached hydrogens (tertiary/aromatic N) is 1. The number of benzene rings is 9. The molecule has 0 aliphatic rings. The summed E-state index contributed by atoms with van der Waals surface area (Å²) in [5.74, 6) is 0. The molecule has 0 aliphatic heterocycles. The van der Waals surface area contributed by atoms with Crippen LogP contribution in [-0.4, -0.2) is 0 Å². The van der Waals surface area contributed by atoms with Crippen molar-refractivity contribution in [3.05, 3.63) is 176 Å². The van der Waals surface area contributed by atoms with Crippen LogP contribution in [0.25, 0.3) is 87.3 Å².